The second-order valence-electron chi connectivity index (χ2n) is 4.86. The molecule has 21 heavy (non-hydrogen) atoms. The van der Waals surface area contributed by atoms with Crippen molar-refractivity contribution in [1.82, 2.24) is 4.90 Å². The van der Waals surface area contributed by atoms with Crippen LogP contribution >= 0.6 is 11.8 Å². The van der Waals surface area contributed by atoms with Crippen LogP contribution in [0.4, 0.5) is 0 Å². The molecule has 1 aromatic carbocycles. The third kappa shape index (κ3) is 4.11. The highest BCUT2D eigenvalue weighted by Crippen LogP contribution is 2.20. The number of thioether (sulfide) groups is 1. The Balaban J connectivity index is 2.00. The predicted octanol–water partition coefficient (Wildman–Crippen LogP) is 2.13. The molecular weight excluding hydrogens is 286 g/mol. The summed E-state index contributed by atoms with van der Waals surface area (Å²) in [5, 5.41) is -0.278. The lowest BCUT2D eigenvalue weighted by Gasteiger charge is -2.30. The zero-order valence-electron chi connectivity index (χ0n) is 12.2. The van der Waals surface area contributed by atoms with E-state index in [1.807, 2.05) is 37.3 Å². The van der Waals surface area contributed by atoms with Gasteiger partial charge in [-0.3, -0.25) is 9.59 Å². The van der Waals surface area contributed by atoms with Crippen LogP contribution < -0.4 is 0 Å². The highest BCUT2D eigenvalue weighted by Gasteiger charge is 2.28. The smallest absolute Gasteiger partial charge is 0.320 e. The lowest BCUT2D eigenvalue weighted by atomic mass is 10.1. The molecule has 0 aromatic heterocycles. The molecule has 2 rings (SSSR count). The van der Waals surface area contributed by atoms with Gasteiger partial charge in [-0.2, -0.15) is 0 Å². The molecule has 0 unspecified atom stereocenters. The average Bonchev–Trinajstić information content (AvgIpc) is 2.53. The monoisotopic (exact) mass is 305 g/mol. The van der Waals surface area contributed by atoms with E-state index in [1.165, 1.54) is 7.11 Å². The topological polar surface area (TPSA) is 46.6 Å². The Morgan fingerprint density at radius 3 is 2.86 bits per heavy atom. The minimum absolute atomic E-state index is 0.0625. The molecule has 1 amide bonds. The summed E-state index contributed by atoms with van der Waals surface area (Å²) in [5.41, 5.74) is 2.16. The quantitative estimate of drug-likeness (QED) is 0.634. The first-order chi connectivity index (χ1) is 10.1. The van der Waals surface area contributed by atoms with E-state index in [1.54, 1.807) is 22.7 Å². The number of hydrogen-bond donors (Lipinski definition) is 0. The number of ether oxygens (including phenoxy) is 1. The average molecular weight is 305 g/mol. The van der Waals surface area contributed by atoms with Crippen molar-refractivity contribution >= 4 is 29.7 Å². The first-order valence-corrected chi connectivity index (χ1v) is 7.88. The largest absolute Gasteiger partial charge is 0.468 e. The summed E-state index contributed by atoms with van der Waals surface area (Å²) < 4.78 is 4.75. The Morgan fingerprint density at radius 2 is 2.14 bits per heavy atom. The summed E-state index contributed by atoms with van der Waals surface area (Å²) >= 11 is 1.54. The molecule has 112 valence electrons. The van der Waals surface area contributed by atoms with E-state index in [9.17, 15) is 9.59 Å². The fraction of sp³-hybridized carbons (Fsp3) is 0.375. The summed E-state index contributed by atoms with van der Waals surface area (Å²) in [6.45, 7) is 3.08. The molecule has 4 nitrogen and oxygen atoms in total. The minimum Gasteiger partial charge on any atom is -0.468 e. The molecule has 1 aliphatic heterocycles. The van der Waals surface area contributed by atoms with Gasteiger partial charge in [-0.25, -0.2) is 0 Å². The molecule has 1 fully saturated rings. The zero-order valence-corrected chi connectivity index (χ0v) is 13.1. The van der Waals surface area contributed by atoms with Crippen molar-refractivity contribution in [2.24, 2.45) is 0 Å². The minimum atomic E-state index is -0.278. The van der Waals surface area contributed by atoms with E-state index in [-0.39, 0.29) is 17.1 Å². The van der Waals surface area contributed by atoms with Gasteiger partial charge in [0.15, 0.2) is 0 Å². The van der Waals surface area contributed by atoms with Crippen molar-refractivity contribution < 1.29 is 14.3 Å². The van der Waals surface area contributed by atoms with E-state index < -0.39 is 0 Å². The van der Waals surface area contributed by atoms with Gasteiger partial charge in [0.25, 0.3) is 0 Å². The zero-order chi connectivity index (χ0) is 15.2. The van der Waals surface area contributed by atoms with Gasteiger partial charge in [0.05, 0.1) is 7.11 Å². The Kier molecular flexibility index (Phi) is 5.44. The summed E-state index contributed by atoms with van der Waals surface area (Å²) in [7, 11) is 1.38. The molecular formula is C16H19NO3S. The van der Waals surface area contributed by atoms with E-state index in [2.05, 4.69) is 0 Å². The SMILES string of the molecule is COC(=O)[C@H]1CN(C(=O)/C=C/c2ccccc2C)CCS1. The first kappa shape index (κ1) is 15.6. The molecule has 0 aliphatic carbocycles. The molecule has 0 radical (unpaired) electrons. The van der Waals surface area contributed by atoms with Crippen LogP contribution in [0.3, 0.4) is 0 Å². The molecule has 0 spiro atoms. The normalized spacial score (nSPS) is 18.8. The second-order valence-corrected chi connectivity index (χ2v) is 6.17. The maximum absolute atomic E-state index is 12.2. The first-order valence-electron chi connectivity index (χ1n) is 6.84. The number of esters is 1. The van der Waals surface area contributed by atoms with Crippen molar-refractivity contribution in [3.8, 4) is 0 Å². The van der Waals surface area contributed by atoms with Crippen molar-refractivity contribution in [1.29, 1.82) is 0 Å². The third-order valence-electron chi connectivity index (χ3n) is 3.44. The van der Waals surface area contributed by atoms with Gasteiger partial charge in [-0.05, 0) is 24.1 Å². The fourth-order valence-corrected chi connectivity index (χ4v) is 3.29. The number of aryl methyl sites for hydroxylation is 1. The molecule has 1 saturated heterocycles. The van der Waals surface area contributed by atoms with Crippen LogP contribution in [0.2, 0.25) is 0 Å². The van der Waals surface area contributed by atoms with Gasteiger partial charge in [-0.15, -0.1) is 11.8 Å². The number of nitrogens with zero attached hydrogens (tertiary/aromatic N) is 1. The van der Waals surface area contributed by atoms with E-state index >= 15 is 0 Å². The molecule has 0 N–H and O–H groups in total. The number of methoxy groups -OCH3 is 1. The fourth-order valence-electron chi connectivity index (χ4n) is 2.16. The van der Waals surface area contributed by atoms with Crippen LogP contribution in [0.15, 0.2) is 30.3 Å². The molecule has 1 heterocycles. The molecule has 0 saturated carbocycles. The lowest BCUT2D eigenvalue weighted by molar-refractivity contribution is -0.140. The van der Waals surface area contributed by atoms with Crippen LogP contribution in [0, 0.1) is 6.92 Å². The van der Waals surface area contributed by atoms with Crippen LogP contribution in [-0.4, -0.2) is 48.0 Å². The van der Waals surface area contributed by atoms with Crippen LogP contribution in [-0.2, 0) is 14.3 Å². The molecule has 1 aromatic rings. The highest BCUT2D eigenvalue weighted by molar-refractivity contribution is 8.00. The Bertz CT molecular complexity index is 556. The summed E-state index contributed by atoms with van der Waals surface area (Å²) in [5.74, 6) is 0.428. The molecule has 0 bridgehead atoms. The van der Waals surface area contributed by atoms with Gasteiger partial charge in [0, 0.05) is 24.9 Å². The predicted molar refractivity (Wildman–Crippen MR) is 85.1 cm³/mol. The summed E-state index contributed by atoms with van der Waals surface area (Å²) in [6.07, 6.45) is 3.40. The van der Waals surface area contributed by atoms with Gasteiger partial charge < -0.3 is 9.64 Å². The van der Waals surface area contributed by atoms with Crippen molar-refractivity contribution in [2.75, 3.05) is 26.0 Å². The van der Waals surface area contributed by atoms with Crippen molar-refractivity contribution in [2.45, 2.75) is 12.2 Å². The molecule has 1 aliphatic rings. The molecule has 5 heteroatoms. The second kappa shape index (κ2) is 7.31. The van der Waals surface area contributed by atoms with Gasteiger partial charge in [0.1, 0.15) is 5.25 Å². The molecule has 1 atom stereocenters. The van der Waals surface area contributed by atoms with E-state index in [0.29, 0.717) is 13.1 Å². The number of benzene rings is 1. The van der Waals surface area contributed by atoms with Crippen molar-refractivity contribution in [3.63, 3.8) is 0 Å². The van der Waals surface area contributed by atoms with Crippen LogP contribution in [0.1, 0.15) is 11.1 Å². The number of hydrogen-bond acceptors (Lipinski definition) is 4. The van der Waals surface area contributed by atoms with Crippen LogP contribution in [0.5, 0.6) is 0 Å². The van der Waals surface area contributed by atoms with Gasteiger partial charge >= 0.3 is 5.97 Å². The third-order valence-corrected chi connectivity index (χ3v) is 4.60. The lowest BCUT2D eigenvalue weighted by Crippen LogP contribution is -2.44. The number of rotatable bonds is 3. The van der Waals surface area contributed by atoms with Gasteiger partial charge in [0.2, 0.25) is 5.91 Å². The number of carbonyl (C=O) groups is 2. The maximum Gasteiger partial charge on any atom is 0.320 e. The number of amides is 1. The van der Waals surface area contributed by atoms with Crippen molar-refractivity contribution in [3.05, 3.63) is 41.5 Å². The van der Waals surface area contributed by atoms with Crippen LogP contribution in [0.25, 0.3) is 6.08 Å². The van der Waals surface area contributed by atoms with E-state index in [0.717, 1.165) is 16.9 Å². The Morgan fingerprint density at radius 1 is 1.38 bits per heavy atom. The Hall–Kier alpha value is -1.75. The Labute approximate surface area is 129 Å². The summed E-state index contributed by atoms with van der Waals surface area (Å²) in [4.78, 5) is 25.5. The van der Waals surface area contributed by atoms with Gasteiger partial charge in [-0.1, -0.05) is 24.3 Å². The number of carbonyl (C=O) groups excluding carboxylic acids is 2. The highest BCUT2D eigenvalue weighted by atomic mass is 32.2. The maximum atomic E-state index is 12.2. The van der Waals surface area contributed by atoms with E-state index in [4.69, 9.17) is 4.74 Å². The summed E-state index contributed by atoms with van der Waals surface area (Å²) in [6, 6.07) is 7.90. The standard InChI is InChI=1S/C16H19NO3S/c1-12-5-3-4-6-13(12)7-8-15(18)17-9-10-21-14(11-17)16(19)20-2/h3-8,14H,9-11H2,1-2H3/b8-7+/t14-/m1/s1.